The first kappa shape index (κ1) is 20.7. The van der Waals surface area contributed by atoms with Crippen molar-refractivity contribution in [1.82, 2.24) is 9.88 Å². The number of nitrogens with zero attached hydrogens (tertiary/aromatic N) is 3. The minimum atomic E-state index is -0.552. The molecule has 1 spiro atoms. The predicted molar refractivity (Wildman–Crippen MR) is 115 cm³/mol. The van der Waals surface area contributed by atoms with E-state index < -0.39 is 11.0 Å². The van der Waals surface area contributed by atoms with Crippen molar-refractivity contribution < 1.29 is 14.3 Å². The van der Waals surface area contributed by atoms with Crippen molar-refractivity contribution in [3.05, 3.63) is 59.4 Å². The molecule has 2 aliphatic heterocycles. The summed E-state index contributed by atoms with van der Waals surface area (Å²) in [5.41, 5.74) is 0.675. The predicted octanol–water partition coefficient (Wildman–Crippen LogP) is 4.84. The van der Waals surface area contributed by atoms with Crippen molar-refractivity contribution in [1.29, 1.82) is 0 Å². The number of likely N-dealkylation sites (tertiary alicyclic amines) is 1. The molecule has 7 heteroatoms. The summed E-state index contributed by atoms with van der Waals surface area (Å²) in [7, 11) is 0. The normalized spacial score (nSPS) is 20.8. The van der Waals surface area contributed by atoms with Gasteiger partial charge in [0.05, 0.1) is 11.5 Å². The molecule has 0 bridgehead atoms. The lowest BCUT2D eigenvalue weighted by Gasteiger charge is -2.58. The number of aromatic nitrogens is 1. The summed E-state index contributed by atoms with van der Waals surface area (Å²) < 4.78 is 5.51. The summed E-state index contributed by atoms with van der Waals surface area (Å²) in [5, 5.41) is 0.589. The largest absolute Gasteiger partial charge is 0.444 e. The van der Waals surface area contributed by atoms with Crippen molar-refractivity contribution >= 4 is 29.3 Å². The van der Waals surface area contributed by atoms with Gasteiger partial charge in [-0.2, -0.15) is 0 Å². The average molecular weight is 428 g/mol. The van der Waals surface area contributed by atoms with Crippen LogP contribution in [-0.2, 0) is 9.53 Å². The Bertz CT molecular complexity index is 950. The van der Waals surface area contributed by atoms with Gasteiger partial charge in [0.25, 0.3) is 0 Å². The van der Waals surface area contributed by atoms with Gasteiger partial charge in [-0.15, -0.1) is 0 Å². The number of ether oxygens (including phenoxy) is 1. The van der Waals surface area contributed by atoms with Gasteiger partial charge in [0, 0.05) is 36.2 Å². The molecule has 1 aromatic carbocycles. The minimum absolute atomic E-state index is 0.0717. The van der Waals surface area contributed by atoms with Crippen molar-refractivity contribution in [2.45, 2.75) is 45.3 Å². The minimum Gasteiger partial charge on any atom is -0.444 e. The lowest BCUT2D eigenvalue weighted by molar-refractivity contribution is -0.144. The molecule has 2 amide bonds. The van der Waals surface area contributed by atoms with Crippen LogP contribution in [0.15, 0.2) is 48.8 Å². The highest BCUT2D eigenvalue weighted by molar-refractivity contribution is 6.31. The van der Waals surface area contributed by atoms with Gasteiger partial charge in [-0.25, -0.2) is 4.79 Å². The second kappa shape index (κ2) is 7.58. The lowest BCUT2D eigenvalue weighted by atomic mass is 9.62. The monoisotopic (exact) mass is 427 g/mol. The molecule has 4 rings (SSSR count). The summed E-state index contributed by atoms with van der Waals surface area (Å²) in [6.45, 7) is 6.54. The highest BCUT2D eigenvalue weighted by atomic mass is 35.5. The topological polar surface area (TPSA) is 62.7 Å². The van der Waals surface area contributed by atoms with Crippen LogP contribution in [0.3, 0.4) is 0 Å². The Morgan fingerprint density at radius 1 is 1.20 bits per heavy atom. The molecule has 2 aliphatic rings. The molecule has 1 atom stereocenters. The van der Waals surface area contributed by atoms with Gasteiger partial charge < -0.3 is 14.5 Å². The van der Waals surface area contributed by atoms with Crippen LogP contribution in [0.25, 0.3) is 0 Å². The zero-order chi connectivity index (χ0) is 21.5. The van der Waals surface area contributed by atoms with E-state index in [2.05, 4.69) is 4.98 Å². The summed E-state index contributed by atoms with van der Waals surface area (Å²) in [5.74, 6) is 0.0717. The Morgan fingerprint density at radius 2 is 1.93 bits per heavy atom. The average Bonchev–Trinajstić information content (AvgIpc) is 2.71. The van der Waals surface area contributed by atoms with E-state index in [1.54, 1.807) is 17.2 Å². The molecular formula is C23H26ClN3O3. The lowest BCUT2D eigenvalue weighted by Crippen LogP contribution is -2.67. The Hall–Kier alpha value is -2.60. The van der Waals surface area contributed by atoms with Crippen LogP contribution < -0.4 is 4.90 Å². The second-order valence-corrected chi connectivity index (χ2v) is 9.40. The van der Waals surface area contributed by atoms with E-state index >= 15 is 0 Å². The summed E-state index contributed by atoms with van der Waals surface area (Å²) in [6, 6.07) is 11.1. The van der Waals surface area contributed by atoms with E-state index in [1.807, 2.05) is 62.2 Å². The number of benzene rings is 1. The summed E-state index contributed by atoms with van der Waals surface area (Å²) in [4.78, 5) is 33.7. The number of pyridine rings is 1. The van der Waals surface area contributed by atoms with Gasteiger partial charge in [-0.05, 0) is 63.4 Å². The molecule has 158 valence electrons. The van der Waals surface area contributed by atoms with Crippen molar-refractivity contribution in [2.75, 3.05) is 18.0 Å². The molecular weight excluding hydrogens is 402 g/mol. The first-order valence-corrected chi connectivity index (χ1v) is 10.6. The van der Waals surface area contributed by atoms with Gasteiger partial charge in [-0.1, -0.05) is 23.7 Å². The highest BCUT2D eigenvalue weighted by Gasteiger charge is 2.62. The molecule has 6 nitrogen and oxygen atoms in total. The number of hydrogen-bond acceptors (Lipinski definition) is 4. The standard InChI is InChI=1S/C23H26ClN3O3/c1-22(2,3)30-21(29)26-12-9-23(10-13-26)19(16-6-5-11-25-15-16)27(20(23)28)18-8-4-7-17(24)14-18/h4-8,11,14-15,19H,9-10,12-13H2,1-3H3. The third-order valence-electron chi connectivity index (χ3n) is 5.82. The SMILES string of the molecule is CC(C)(C)OC(=O)N1CCC2(CC1)C(=O)N(c1cccc(Cl)c1)C2c1cccnc1. The smallest absolute Gasteiger partial charge is 0.410 e. The Balaban J connectivity index is 1.60. The van der Waals surface area contributed by atoms with Gasteiger partial charge in [0.1, 0.15) is 5.60 Å². The van der Waals surface area contributed by atoms with E-state index in [0.29, 0.717) is 31.0 Å². The number of carbonyl (C=O) groups excluding carboxylic acids is 2. The van der Waals surface area contributed by atoms with Crippen molar-refractivity contribution in [2.24, 2.45) is 5.41 Å². The van der Waals surface area contributed by atoms with Gasteiger partial charge >= 0.3 is 6.09 Å². The maximum atomic E-state index is 13.5. The number of rotatable bonds is 2. The number of hydrogen-bond donors (Lipinski definition) is 0. The van der Waals surface area contributed by atoms with E-state index in [4.69, 9.17) is 16.3 Å². The maximum Gasteiger partial charge on any atom is 0.410 e. The zero-order valence-corrected chi connectivity index (χ0v) is 18.2. The van der Waals surface area contributed by atoms with Crippen LogP contribution in [0, 0.1) is 5.41 Å². The van der Waals surface area contributed by atoms with Crippen LogP contribution in [0.5, 0.6) is 0 Å². The van der Waals surface area contributed by atoms with Crippen LogP contribution in [0.2, 0.25) is 5.02 Å². The zero-order valence-electron chi connectivity index (χ0n) is 17.5. The van der Waals surface area contributed by atoms with Crippen LogP contribution in [0.1, 0.15) is 45.2 Å². The first-order valence-electron chi connectivity index (χ1n) is 10.2. The molecule has 1 unspecified atom stereocenters. The van der Waals surface area contributed by atoms with Gasteiger partial charge in [0.2, 0.25) is 5.91 Å². The molecule has 0 aliphatic carbocycles. The van der Waals surface area contributed by atoms with E-state index in [9.17, 15) is 9.59 Å². The summed E-state index contributed by atoms with van der Waals surface area (Å²) in [6.07, 6.45) is 4.39. The molecule has 3 heterocycles. The van der Waals surface area contributed by atoms with Gasteiger partial charge in [0.15, 0.2) is 0 Å². The first-order chi connectivity index (χ1) is 14.2. The Morgan fingerprint density at radius 3 is 2.53 bits per heavy atom. The number of carbonyl (C=O) groups is 2. The molecule has 30 heavy (non-hydrogen) atoms. The van der Waals surface area contributed by atoms with E-state index in [1.165, 1.54) is 0 Å². The van der Waals surface area contributed by atoms with Crippen LogP contribution >= 0.6 is 11.6 Å². The van der Waals surface area contributed by atoms with Crippen molar-refractivity contribution in [3.8, 4) is 0 Å². The van der Waals surface area contributed by atoms with Crippen LogP contribution in [-0.4, -0.2) is 40.6 Å². The maximum absolute atomic E-state index is 13.5. The molecule has 2 saturated heterocycles. The second-order valence-electron chi connectivity index (χ2n) is 8.97. The number of β-lactam (4-membered cyclic amide) rings is 1. The number of piperidine rings is 1. The van der Waals surface area contributed by atoms with E-state index in [-0.39, 0.29) is 18.0 Å². The van der Waals surface area contributed by atoms with E-state index in [0.717, 1.165) is 11.3 Å². The fourth-order valence-electron chi connectivity index (χ4n) is 4.46. The number of halogens is 1. The fraction of sp³-hybridized carbons (Fsp3) is 0.435. The molecule has 2 fully saturated rings. The Labute approximate surface area is 181 Å². The molecule has 0 N–H and O–H groups in total. The number of anilines is 1. The third-order valence-corrected chi connectivity index (χ3v) is 6.06. The molecule has 0 radical (unpaired) electrons. The van der Waals surface area contributed by atoms with Crippen molar-refractivity contribution in [3.63, 3.8) is 0 Å². The summed E-state index contributed by atoms with van der Waals surface area (Å²) >= 11 is 6.19. The third kappa shape index (κ3) is 3.65. The number of amides is 2. The quantitative estimate of drug-likeness (QED) is 0.643. The van der Waals surface area contributed by atoms with Gasteiger partial charge in [-0.3, -0.25) is 9.78 Å². The molecule has 0 saturated carbocycles. The molecule has 2 aromatic rings. The Kier molecular flexibility index (Phi) is 5.22. The molecule has 1 aromatic heterocycles. The fourth-order valence-corrected chi connectivity index (χ4v) is 4.64. The highest BCUT2D eigenvalue weighted by Crippen LogP contribution is 2.57. The van der Waals surface area contributed by atoms with Crippen LogP contribution in [0.4, 0.5) is 10.5 Å².